The summed E-state index contributed by atoms with van der Waals surface area (Å²) in [5.74, 6) is 0.941. The van der Waals surface area contributed by atoms with Crippen molar-refractivity contribution in [2.75, 3.05) is 18.6 Å². The van der Waals surface area contributed by atoms with E-state index in [1.165, 1.54) is 0 Å². The number of ether oxygens (including phenoxy) is 2. The van der Waals surface area contributed by atoms with Crippen LogP contribution in [0.25, 0.3) is 11.3 Å². The van der Waals surface area contributed by atoms with E-state index < -0.39 is 0 Å². The zero-order valence-corrected chi connectivity index (χ0v) is 16.3. The third-order valence-corrected chi connectivity index (χ3v) is 4.51. The van der Waals surface area contributed by atoms with Crippen LogP contribution in [0.1, 0.15) is 11.1 Å². The topological polar surface area (TPSA) is 120 Å². The Kier molecular flexibility index (Phi) is 5.73. The summed E-state index contributed by atoms with van der Waals surface area (Å²) in [5.41, 5.74) is 13.3. The van der Waals surface area contributed by atoms with Crippen LogP contribution in [-0.2, 0) is 6.61 Å². The molecule has 1 aromatic heterocycles. The zero-order chi connectivity index (χ0) is 20.3. The van der Waals surface area contributed by atoms with Gasteiger partial charge in [-0.1, -0.05) is 29.3 Å². The maximum absolute atomic E-state index is 9.41. The standard InChI is InChI=1S/C19H15Cl2N5O2/c1-27-15-6-5-10(16-12(8-22)18(23)26-19(24)25-16)7-11(15)9-28-17-13(20)3-2-4-14(17)21/h2-7H,9H2,1H3,(H4,23,24,25,26). The van der Waals surface area contributed by atoms with Crippen molar-refractivity contribution in [3.8, 4) is 28.8 Å². The molecular formula is C19H15Cl2N5O2. The monoisotopic (exact) mass is 415 g/mol. The fourth-order valence-electron chi connectivity index (χ4n) is 2.62. The summed E-state index contributed by atoms with van der Waals surface area (Å²) < 4.78 is 11.2. The number of nitrogens with two attached hydrogens (primary N) is 2. The molecule has 0 aliphatic heterocycles. The van der Waals surface area contributed by atoms with E-state index in [4.69, 9.17) is 44.1 Å². The molecule has 0 aliphatic rings. The third kappa shape index (κ3) is 3.88. The van der Waals surface area contributed by atoms with Gasteiger partial charge in [0.2, 0.25) is 5.95 Å². The summed E-state index contributed by atoms with van der Waals surface area (Å²) in [7, 11) is 1.54. The van der Waals surface area contributed by atoms with Gasteiger partial charge in [0.05, 0.1) is 22.8 Å². The molecule has 0 bridgehead atoms. The number of methoxy groups -OCH3 is 1. The molecule has 0 atom stereocenters. The molecule has 9 heteroatoms. The Bertz CT molecular complexity index is 1060. The quantitative estimate of drug-likeness (QED) is 0.643. The highest BCUT2D eigenvalue weighted by atomic mass is 35.5. The molecule has 7 nitrogen and oxygen atoms in total. The number of benzene rings is 2. The molecule has 2 aromatic carbocycles. The highest BCUT2D eigenvalue weighted by molar-refractivity contribution is 6.37. The first kappa shape index (κ1) is 19.5. The Morgan fingerprint density at radius 1 is 1.11 bits per heavy atom. The normalized spacial score (nSPS) is 10.4. The second-order valence-corrected chi connectivity index (χ2v) is 6.48. The van der Waals surface area contributed by atoms with Crippen LogP contribution in [0.4, 0.5) is 11.8 Å². The van der Waals surface area contributed by atoms with Gasteiger partial charge < -0.3 is 20.9 Å². The number of rotatable bonds is 5. The minimum absolute atomic E-state index is 0.0152. The van der Waals surface area contributed by atoms with E-state index in [9.17, 15) is 5.26 Å². The van der Waals surface area contributed by atoms with Gasteiger partial charge in [-0.3, -0.25) is 0 Å². The molecule has 0 radical (unpaired) electrons. The number of hydrogen-bond donors (Lipinski definition) is 2. The van der Waals surface area contributed by atoms with Crippen molar-refractivity contribution in [3.05, 3.63) is 57.6 Å². The second-order valence-electron chi connectivity index (χ2n) is 5.67. The van der Waals surface area contributed by atoms with Crippen molar-refractivity contribution in [2.45, 2.75) is 6.61 Å². The molecule has 3 aromatic rings. The highest BCUT2D eigenvalue weighted by Gasteiger charge is 2.16. The van der Waals surface area contributed by atoms with E-state index in [1.54, 1.807) is 43.5 Å². The van der Waals surface area contributed by atoms with Gasteiger partial charge in [-0.25, -0.2) is 4.98 Å². The van der Waals surface area contributed by atoms with Gasteiger partial charge in [0.25, 0.3) is 0 Å². The largest absolute Gasteiger partial charge is 0.496 e. The van der Waals surface area contributed by atoms with E-state index >= 15 is 0 Å². The lowest BCUT2D eigenvalue weighted by molar-refractivity contribution is 0.297. The van der Waals surface area contributed by atoms with Crippen molar-refractivity contribution in [1.82, 2.24) is 9.97 Å². The van der Waals surface area contributed by atoms with Crippen molar-refractivity contribution >= 4 is 35.0 Å². The lowest BCUT2D eigenvalue weighted by Crippen LogP contribution is -2.06. The molecule has 0 saturated heterocycles. The molecule has 0 spiro atoms. The van der Waals surface area contributed by atoms with Crippen LogP contribution in [0.15, 0.2) is 36.4 Å². The number of aromatic nitrogens is 2. The van der Waals surface area contributed by atoms with Crippen molar-refractivity contribution in [1.29, 1.82) is 5.26 Å². The molecule has 4 N–H and O–H groups in total. The smallest absolute Gasteiger partial charge is 0.222 e. The summed E-state index contributed by atoms with van der Waals surface area (Å²) in [6.45, 7) is 0.123. The van der Waals surface area contributed by atoms with E-state index in [1.807, 2.05) is 6.07 Å². The van der Waals surface area contributed by atoms with Gasteiger partial charge in [-0.2, -0.15) is 10.2 Å². The van der Waals surface area contributed by atoms with Crippen LogP contribution in [-0.4, -0.2) is 17.1 Å². The zero-order valence-electron chi connectivity index (χ0n) is 14.7. The number of nitrogens with zero attached hydrogens (tertiary/aromatic N) is 3. The van der Waals surface area contributed by atoms with Crippen LogP contribution in [0.2, 0.25) is 10.0 Å². The fourth-order valence-corrected chi connectivity index (χ4v) is 3.13. The first-order valence-electron chi connectivity index (χ1n) is 8.01. The Morgan fingerprint density at radius 3 is 2.46 bits per heavy atom. The van der Waals surface area contributed by atoms with Crippen LogP contribution in [0.3, 0.4) is 0 Å². The average molecular weight is 416 g/mol. The van der Waals surface area contributed by atoms with Crippen molar-refractivity contribution in [3.63, 3.8) is 0 Å². The van der Waals surface area contributed by atoms with Gasteiger partial charge in [0.15, 0.2) is 5.75 Å². The Balaban J connectivity index is 2.01. The van der Waals surface area contributed by atoms with E-state index in [-0.39, 0.29) is 23.9 Å². The van der Waals surface area contributed by atoms with Gasteiger partial charge in [-0.05, 0) is 30.3 Å². The predicted octanol–water partition coefficient (Wildman–Crippen LogP) is 4.07. The molecule has 142 valence electrons. The molecule has 0 saturated carbocycles. The van der Waals surface area contributed by atoms with Crippen LogP contribution in [0.5, 0.6) is 11.5 Å². The predicted molar refractivity (Wildman–Crippen MR) is 108 cm³/mol. The summed E-state index contributed by atoms with van der Waals surface area (Å²) in [6, 6.07) is 12.3. The molecule has 0 unspecified atom stereocenters. The maximum Gasteiger partial charge on any atom is 0.222 e. The molecule has 0 aliphatic carbocycles. The van der Waals surface area contributed by atoms with E-state index in [0.29, 0.717) is 38.4 Å². The second kappa shape index (κ2) is 8.21. The Hall–Kier alpha value is -3.21. The number of nitriles is 1. The Morgan fingerprint density at radius 2 is 1.82 bits per heavy atom. The summed E-state index contributed by atoms with van der Waals surface area (Å²) in [4.78, 5) is 7.98. The number of nitrogen functional groups attached to an aromatic ring is 2. The summed E-state index contributed by atoms with van der Waals surface area (Å²) in [6.07, 6.45) is 0. The van der Waals surface area contributed by atoms with Crippen molar-refractivity contribution in [2.24, 2.45) is 0 Å². The maximum atomic E-state index is 9.41. The number of para-hydroxylation sites is 1. The lowest BCUT2D eigenvalue weighted by atomic mass is 10.0. The summed E-state index contributed by atoms with van der Waals surface area (Å²) >= 11 is 12.3. The van der Waals surface area contributed by atoms with Crippen LogP contribution in [0, 0.1) is 11.3 Å². The molecule has 0 amide bonds. The third-order valence-electron chi connectivity index (χ3n) is 3.91. The molecular weight excluding hydrogens is 401 g/mol. The van der Waals surface area contributed by atoms with E-state index in [0.717, 1.165) is 0 Å². The van der Waals surface area contributed by atoms with Gasteiger partial charge in [-0.15, -0.1) is 0 Å². The molecule has 0 fully saturated rings. The first-order chi connectivity index (χ1) is 13.4. The minimum atomic E-state index is -0.0250. The minimum Gasteiger partial charge on any atom is -0.496 e. The number of hydrogen-bond acceptors (Lipinski definition) is 7. The first-order valence-corrected chi connectivity index (χ1v) is 8.77. The Labute approximate surface area is 171 Å². The number of anilines is 2. The van der Waals surface area contributed by atoms with Crippen molar-refractivity contribution < 1.29 is 9.47 Å². The average Bonchev–Trinajstić information content (AvgIpc) is 2.67. The van der Waals surface area contributed by atoms with Crippen LogP contribution >= 0.6 is 23.2 Å². The fraction of sp³-hybridized carbons (Fsp3) is 0.105. The van der Waals surface area contributed by atoms with Gasteiger partial charge in [0.1, 0.15) is 29.8 Å². The van der Waals surface area contributed by atoms with Gasteiger partial charge in [0, 0.05) is 11.1 Å². The molecule has 3 rings (SSSR count). The molecule has 1 heterocycles. The highest BCUT2D eigenvalue weighted by Crippen LogP contribution is 2.35. The number of halogens is 2. The SMILES string of the molecule is COc1ccc(-c2nc(N)nc(N)c2C#N)cc1COc1c(Cl)cccc1Cl. The van der Waals surface area contributed by atoms with Gasteiger partial charge >= 0.3 is 0 Å². The molecule has 28 heavy (non-hydrogen) atoms. The van der Waals surface area contributed by atoms with Crippen LogP contribution < -0.4 is 20.9 Å². The van der Waals surface area contributed by atoms with E-state index in [2.05, 4.69) is 9.97 Å². The summed E-state index contributed by atoms with van der Waals surface area (Å²) in [5, 5.41) is 10.2. The lowest BCUT2D eigenvalue weighted by Gasteiger charge is -2.14.